The SMILES string of the molecule is Cc1c[c]c2c(c1)-c1cc(C)ccc1C2. The standard InChI is InChI=1S/C15H13/c1-10-3-5-12-9-13-6-4-11(2)8-15(13)14(12)7-10/h3-5,7-8H,9H2,1-2H3. The zero-order valence-electron chi connectivity index (χ0n) is 9.09. The van der Waals surface area contributed by atoms with Crippen molar-refractivity contribution in [3.8, 4) is 11.1 Å². The van der Waals surface area contributed by atoms with E-state index in [2.05, 4.69) is 50.2 Å². The quantitative estimate of drug-likeness (QED) is 0.511. The Hall–Kier alpha value is -1.56. The van der Waals surface area contributed by atoms with Crippen LogP contribution in [0.2, 0.25) is 0 Å². The highest BCUT2D eigenvalue weighted by molar-refractivity contribution is 5.77. The van der Waals surface area contributed by atoms with Crippen molar-refractivity contribution in [2.24, 2.45) is 0 Å². The normalized spacial score (nSPS) is 12.4. The molecule has 2 aromatic carbocycles. The van der Waals surface area contributed by atoms with E-state index in [9.17, 15) is 0 Å². The van der Waals surface area contributed by atoms with Crippen LogP contribution in [-0.2, 0) is 6.42 Å². The van der Waals surface area contributed by atoms with Gasteiger partial charge in [0.05, 0.1) is 0 Å². The van der Waals surface area contributed by atoms with E-state index < -0.39 is 0 Å². The predicted molar refractivity (Wildman–Crippen MR) is 63.0 cm³/mol. The van der Waals surface area contributed by atoms with Gasteiger partial charge in [-0.25, -0.2) is 0 Å². The minimum Gasteiger partial charge on any atom is -0.0590 e. The molecule has 0 unspecified atom stereocenters. The molecule has 0 spiro atoms. The zero-order chi connectivity index (χ0) is 10.4. The monoisotopic (exact) mass is 193 g/mol. The van der Waals surface area contributed by atoms with Gasteiger partial charge in [0.1, 0.15) is 0 Å². The van der Waals surface area contributed by atoms with Crippen LogP contribution in [-0.4, -0.2) is 0 Å². The average Bonchev–Trinajstić information content (AvgIpc) is 2.56. The fourth-order valence-electron chi connectivity index (χ4n) is 2.31. The van der Waals surface area contributed by atoms with Crippen molar-refractivity contribution < 1.29 is 0 Å². The van der Waals surface area contributed by atoms with E-state index in [1.54, 1.807) is 0 Å². The van der Waals surface area contributed by atoms with E-state index in [1.807, 2.05) is 0 Å². The molecule has 0 bridgehead atoms. The summed E-state index contributed by atoms with van der Waals surface area (Å²) in [6.45, 7) is 4.28. The Labute approximate surface area is 90.6 Å². The van der Waals surface area contributed by atoms with Crippen LogP contribution in [0.1, 0.15) is 22.3 Å². The van der Waals surface area contributed by atoms with Gasteiger partial charge in [-0.2, -0.15) is 0 Å². The fraction of sp³-hybridized carbons (Fsp3) is 0.200. The van der Waals surface area contributed by atoms with Crippen LogP contribution in [0.3, 0.4) is 0 Å². The molecular weight excluding hydrogens is 180 g/mol. The van der Waals surface area contributed by atoms with Crippen LogP contribution in [0, 0.1) is 19.9 Å². The minimum absolute atomic E-state index is 1.05. The smallest absolute Gasteiger partial charge is 0.000728 e. The lowest BCUT2D eigenvalue weighted by molar-refractivity contribution is 1.25. The number of fused-ring (bicyclic) bond motifs is 3. The van der Waals surface area contributed by atoms with Crippen molar-refractivity contribution in [1.82, 2.24) is 0 Å². The topological polar surface area (TPSA) is 0 Å². The molecule has 73 valence electrons. The van der Waals surface area contributed by atoms with E-state index in [-0.39, 0.29) is 0 Å². The number of hydrogen-bond donors (Lipinski definition) is 0. The highest BCUT2D eigenvalue weighted by atomic mass is 14.2. The number of benzene rings is 2. The average molecular weight is 193 g/mol. The van der Waals surface area contributed by atoms with E-state index in [0.717, 1.165) is 6.42 Å². The lowest BCUT2D eigenvalue weighted by atomic mass is 10.0. The molecule has 0 atom stereocenters. The first-order valence-electron chi connectivity index (χ1n) is 5.35. The summed E-state index contributed by atoms with van der Waals surface area (Å²) >= 11 is 0. The van der Waals surface area contributed by atoms with E-state index >= 15 is 0 Å². The molecule has 1 aliphatic carbocycles. The summed E-state index contributed by atoms with van der Waals surface area (Å²) in [4.78, 5) is 0. The largest absolute Gasteiger partial charge is 0.0590 e. The van der Waals surface area contributed by atoms with Gasteiger partial charge in [-0.3, -0.25) is 0 Å². The Morgan fingerprint density at radius 3 is 2.67 bits per heavy atom. The lowest BCUT2D eigenvalue weighted by Gasteiger charge is -2.02. The highest BCUT2D eigenvalue weighted by Gasteiger charge is 2.17. The number of aryl methyl sites for hydroxylation is 2. The highest BCUT2D eigenvalue weighted by Crippen LogP contribution is 2.37. The molecule has 0 heterocycles. The van der Waals surface area contributed by atoms with Gasteiger partial charge >= 0.3 is 0 Å². The van der Waals surface area contributed by atoms with Crippen LogP contribution in [0.25, 0.3) is 11.1 Å². The van der Waals surface area contributed by atoms with Gasteiger partial charge in [-0.05, 0) is 54.2 Å². The Morgan fingerprint density at radius 2 is 1.80 bits per heavy atom. The van der Waals surface area contributed by atoms with E-state index in [1.165, 1.54) is 33.4 Å². The summed E-state index contributed by atoms with van der Waals surface area (Å²) < 4.78 is 0. The van der Waals surface area contributed by atoms with Gasteiger partial charge in [-0.1, -0.05) is 35.9 Å². The molecule has 0 aromatic heterocycles. The first-order valence-corrected chi connectivity index (χ1v) is 5.35. The Bertz CT molecular complexity index is 486. The molecule has 0 aliphatic heterocycles. The van der Waals surface area contributed by atoms with Crippen LogP contribution >= 0.6 is 0 Å². The van der Waals surface area contributed by atoms with Crippen LogP contribution < -0.4 is 0 Å². The molecule has 1 radical (unpaired) electrons. The van der Waals surface area contributed by atoms with Crippen LogP contribution in [0.15, 0.2) is 30.3 Å². The summed E-state index contributed by atoms with van der Waals surface area (Å²) in [5.74, 6) is 0. The second-order valence-corrected chi connectivity index (χ2v) is 4.41. The molecule has 15 heavy (non-hydrogen) atoms. The molecule has 2 aromatic rings. The lowest BCUT2D eigenvalue weighted by Crippen LogP contribution is -1.80. The van der Waals surface area contributed by atoms with Gasteiger partial charge in [0.25, 0.3) is 0 Å². The molecule has 0 amide bonds. The summed E-state index contributed by atoms with van der Waals surface area (Å²) in [6, 6.07) is 14.5. The maximum Gasteiger partial charge on any atom is -0.000728 e. The first kappa shape index (κ1) is 8.72. The molecule has 0 N–H and O–H groups in total. The molecular formula is C15H13. The summed E-state index contributed by atoms with van der Waals surface area (Å²) in [5.41, 5.74) is 8.21. The Kier molecular flexibility index (Phi) is 1.72. The van der Waals surface area contributed by atoms with Crippen molar-refractivity contribution >= 4 is 0 Å². The van der Waals surface area contributed by atoms with Crippen molar-refractivity contribution in [3.05, 3.63) is 58.7 Å². The zero-order valence-corrected chi connectivity index (χ0v) is 9.09. The second-order valence-electron chi connectivity index (χ2n) is 4.41. The third kappa shape index (κ3) is 1.29. The van der Waals surface area contributed by atoms with Crippen molar-refractivity contribution in [2.75, 3.05) is 0 Å². The first-order chi connectivity index (χ1) is 7.24. The van der Waals surface area contributed by atoms with Gasteiger partial charge in [0.2, 0.25) is 0 Å². The second kappa shape index (κ2) is 2.96. The fourth-order valence-corrected chi connectivity index (χ4v) is 2.31. The molecule has 1 aliphatic rings. The summed E-state index contributed by atoms with van der Waals surface area (Å²) in [7, 11) is 0. The van der Waals surface area contributed by atoms with Crippen molar-refractivity contribution in [1.29, 1.82) is 0 Å². The minimum atomic E-state index is 1.05. The maximum absolute atomic E-state index is 3.38. The van der Waals surface area contributed by atoms with Crippen molar-refractivity contribution in [3.63, 3.8) is 0 Å². The summed E-state index contributed by atoms with van der Waals surface area (Å²) in [5, 5.41) is 0. The molecule has 0 fully saturated rings. The Balaban J connectivity index is 2.28. The van der Waals surface area contributed by atoms with E-state index in [0.29, 0.717) is 0 Å². The molecule has 0 saturated heterocycles. The number of hydrogen-bond acceptors (Lipinski definition) is 0. The van der Waals surface area contributed by atoms with Gasteiger partial charge < -0.3 is 0 Å². The third-order valence-electron chi connectivity index (χ3n) is 3.09. The Morgan fingerprint density at radius 1 is 1.00 bits per heavy atom. The van der Waals surface area contributed by atoms with Crippen molar-refractivity contribution in [2.45, 2.75) is 20.3 Å². The van der Waals surface area contributed by atoms with Crippen LogP contribution in [0.5, 0.6) is 0 Å². The molecule has 0 heteroatoms. The van der Waals surface area contributed by atoms with Gasteiger partial charge in [-0.15, -0.1) is 0 Å². The number of rotatable bonds is 0. The predicted octanol–water partition coefficient (Wildman–Crippen LogP) is 3.67. The van der Waals surface area contributed by atoms with Crippen LogP contribution in [0.4, 0.5) is 0 Å². The van der Waals surface area contributed by atoms with E-state index in [4.69, 9.17) is 0 Å². The maximum atomic E-state index is 3.38. The van der Waals surface area contributed by atoms with Gasteiger partial charge in [0.15, 0.2) is 0 Å². The third-order valence-corrected chi connectivity index (χ3v) is 3.09. The molecule has 0 nitrogen and oxygen atoms in total. The van der Waals surface area contributed by atoms with Gasteiger partial charge in [0, 0.05) is 0 Å². The summed E-state index contributed by atoms with van der Waals surface area (Å²) in [6.07, 6.45) is 1.05. The molecule has 0 saturated carbocycles. The molecule has 3 rings (SSSR count).